The Bertz CT molecular complexity index is 611. The highest BCUT2D eigenvalue weighted by Crippen LogP contribution is 2.14. The maximum atomic E-state index is 12.3. The van der Waals surface area contributed by atoms with E-state index < -0.39 is 0 Å². The predicted octanol–water partition coefficient (Wildman–Crippen LogP) is 3.33. The minimum Gasteiger partial charge on any atom is -0.494 e. The van der Waals surface area contributed by atoms with Crippen LogP contribution in [-0.2, 0) is 17.8 Å². The van der Waals surface area contributed by atoms with Crippen LogP contribution in [-0.4, -0.2) is 37.0 Å². The number of rotatable bonds is 9. The maximum Gasteiger partial charge on any atom is 0.237 e. The number of ether oxygens (including phenoxy) is 1. The van der Waals surface area contributed by atoms with Crippen molar-refractivity contribution >= 4 is 17.2 Å². The number of nitrogens with one attached hydrogen (secondary N) is 1. The normalized spacial score (nSPS) is 12.2. The van der Waals surface area contributed by atoms with Gasteiger partial charge in [0.1, 0.15) is 5.75 Å². The molecule has 0 spiro atoms. The average molecular weight is 346 g/mol. The van der Waals surface area contributed by atoms with Gasteiger partial charge in [0.2, 0.25) is 5.91 Å². The molecule has 0 fully saturated rings. The monoisotopic (exact) mass is 346 g/mol. The molecule has 0 radical (unpaired) electrons. The smallest absolute Gasteiger partial charge is 0.237 e. The van der Waals surface area contributed by atoms with Crippen molar-refractivity contribution in [3.63, 3.8) is 0 Å². The molecule has 0 aliphatic carbocycles. The number of carbonyl (C=O) groups excluding carboxylic acids is 1. The summed E-state index contributed by atoms with van der Waals surface area (Å²) in [4.78, 5) is 15.6. The lowest BCUT2D eigenvalue weighted by Crippen LogP contribution is -2.43. The summed E-state index contributed by atoms with van der Waals surface area (Å²) in [7, 11) is 1.97. The third-order valence-electron chi connectivity index (χ3n) is 3.96. The van der Waals surface area contributed by atoms with E-state index in [4.69, 9.17) is 4.74 Å². The molecule has 1 amide bonds. The molecule has 5 heteroatoms. The first-order valence-electron chi connectivity index (χ1n) is 8.32. The molecule has 1 aromatic carbocycles. The second-order valence-electron chi connectivity index (χ2n) is 5.79. The fourth-order valence-electron chi connectivity index (χ4n) is 2.39. The third kappa shape index (κ3) is 5.65. The predicted molar refractivity (Wildman–Crippen MR) is 99.6 cm³/mol. The van der Waals surface area contributed by atoms with Crippen molar-refractivity contribution in [3.8, 4) is 5.75 Å². The molecule has 1 N–H and O–H groups in total. The van der Waals surface area contributed by atoms with E-state index in [2.05, 4.69) is 21.7 Å². The van der Waals surface area contributed by atoms with Gasteiger partial charge in [-0.15, -0.1) is 11.3 Å². The van der Waals surface area contributed by atoms with E-state index in [9.17, 15) is 4.79 Å². The van der Waals surface area contributed by atoms with E-state index in [1.165, 1.54) is 10.4 Å². The van der Waals surface area contributed by atoms with Crippen molar-refractivity contribution in [1.82, 2.24) is 10.2 Å². The van der Waals surface area contributed by atoms with E-state index >= 15 is 0 Å². The van der Waals surface area contributed by atoms with Crippen LogP contribution in [0.5, 0.6) is 5.75 Å². The first-order valence-corrected chi connectivity index (χ1v) is 9.20. The second kappa shape index (κ2) is 9.45. The molecular formula is C19H26N2O2S. The van der Waals surface area contributed by atoms with Crippen LogP contribution in [0.3, 0.4) is 0 Å². The lowest BCUT2D eigenvalue weighted by Gasteiger charge is -2.24. The summed E-state index contributed by atoms with van der Waals surface area (Å²) < 4.78 is 5.45. The van der Waals surface area contributed by atoms with Crippen LogP contribution in [0.2, 0.25) is 0 Å². The molecule has 24 heavy (non-hydrogen) atoms. The molecule has 0 saturated carbocycles. The molecule has 2 rings (SSSR count). The number of carbonyl (C=O) groups is 1. The summed E-state index contributed by atoms with van der Waals surface area (Å²) in [5.41, 5.74) is 1.17. The van der Waals surface area contributed by atoms with Crippen LogP contribution in [0.1, 0.15) is 24.3 Å². The van der Waals surface area contributed by atoms with E-state index in [-0.39, 0.29) is 11.9 Å². The van der Waals surface area contributed by atoms with Crippen LogP contribution in [0.4, 0.5) is 0 Å². The number of thiophene rings is 1. The minimum atomic E-state index is -0.167. The van der Waals surface area contributed by atoms with Crippen LogP contribution in [0.25, 0.3) is 0 Å². The molecule has 0 aliphatic heterocycles. The molecule has 130 valence electrons. The Morgan fingerprint density at radius 2 is 2.04 bits per heavy atom. The fraction of sp³-hybridized carbons (Fsp3) is 0.421. The van der Waals surface area contributed by atoms with Gasteiger partial charge in [0, 0.05) is 18.0 Å². The zero-order valence-electron chi connectivity index (χ0n) is 14.6. The highest BCUT2D eigenvalue weighted by atomic mass is 32.1. The van der Waals surface area contributed by atoms with Crippen molar-refractivity contribution in [2.24, 2.45) is 0 Å². The van der Waals surface area contributed by atoms with Gasteiger partial charge in [-0.1, -0.05) is 18.2 Å². The standard InChI is InChI=1S/C19H26N2O2S/c1-4-23-17-9-7-16(8-10-17)14-21(3)15(2)19(22)20-12-11-18-6-5-13-24-18/h5-10,13,15H,4,11-12,14H2,1-3H3,(H,20,22). The van der Waals surface area contributed by atoms with E-state index in [0.29, 0.717) is 13.2 Å². The summed E-state index contributed by atoms with van der Waals surface area (Å²) in [5, 5.41) is 5.08. The van der Waals surface area contributed by atoms with E-state index in [1.807, 2.05) is 51.2 Å². The van der Waals surface area contributed by atoms with E-state index in [0.717, 1.165) is 18.7 Å². The van der Waals surface area contributed by atoms with Gasteiger partial charge in [0.25, 0.3) is 0 Å². The number of amides is 1. The summed E-state index contributed by atoms with van der Waals surface area (Å²) in [6.07, 6.45) is 0.888. The van der Waals surface area contributed by atoms with Gasteiger partial charge in [0.15, 0.2) is 0 Å². The zero-order chi connectivity index (χ0) is 17.4. The SMILES string of the molecule is CCOc1ccc(CN(C)C(C)C(=O)NCCc2cccs2)cc1. The van der Waals surface area contributed by atoms with Crippen LogP contribution >= 0.6 is 11.3 Å². The number of hydrogen-bond acceptors (Lipinski definition) is 4. The molecule has 2 aromatic rings. The fourth-order valence-corrected chi connectivity index (χ4v) is 3.10. The number of benzene rings is 1. The Morgan fingerprint density at radius 1 is 1.29 bits per heavy atom. The van der Waals surface area contributed by atoms with Crippen molar-refractivity contribution in [2.45, 2.75) is 32.9 Å². The largest absolute Gasteiger partial charge is 0.494 e. The number of hydrogen-bond donors (Lipinski definition) is 1. The number of nitrogens with zero attached hydrogens (tertiary/aromatic N) is 1. The van der Waals surface area contributed by atoms with Crippen molar-refractivity contribution in [2.75, 3.05) is 20.2 Å². The molecule has 0 saturated heterocycles. The highest BCUT2D eigenvalue weighted by molar-refractivity contribution is 7.09. The molecule has 4 nitrogen and oxygen atoms in total. The third-order valence-corrected chi connectivity index (χ3v) is 4.89. The van der Waals surface area contributed by atoms with Gasteiger partial charge in [-0.3, -0.25) is 9.69 Å². The Kier molecular flexibility index (Phi) is 7.28. The summed E-state index contributed by atoms with van der Waals surface area (Å²) in [6, 6.07) is 12.0. The van der Waals surface area contributed by atoms with Gasteiger partial charge in [-0.25, -0.2) is 0 Å². The highest BCUT2D eigenvalue weighted by Gasteiger charge is 2.17. The lowest BCUT2D eigenvalue weighted by molar-refractivity contribution is -0.125. The Hall–Kier alpha value is -1.85. The van der Waals surface area contributed by atoms with Crippen LogP contribution in [0.15, 0.2) is 41.8 Å². The Labute approximate surface area is 148 Å². The van der Waals surface area contributed by atoms with Crippen LogP contribution in [0, 0.1) is 0 Å². The topological polar surface area (TPSA) is 41.6 Å². The summed E-state index contributed by atoms with van der Waals surface area (Å²) >= 11 is 1.72. The first kappa shape index (κ1) is 18.5. The van der Waals surface area contributed by atoms with Gasteiger partial charge < -0.3 is 10.1 Å². The molecule has 0 bridgehead atoms. The summed E-state index contributed by atoms with van der Waals surface area (Å²) in [6.45, 7) is 5.99. The summed E-state index contributed by atoms with van der Waals surface area (Å²) in [5.74, 6) is 0.947. The molecule has 1 unspecified atom stereocenters. The Morgan fingerprint density at radius 3 is 2.67 bits per heavy atom. The minimum absolute atomic E-state index is 0.0694. The molecule has 0 aliphatic rings. The zero-order valence-corrected chi connectivity index (χ0v) is 15.4. The van der Waals surface area contributed by atoms with Gasteiger partial charge in [-0.2, -0.15) is 0 Å². The Balaban J connectivity index is 1.77. The van der Waals surface area contributed by atoms with Gasteiger partial charge >= 0.3 is 0 Å². The molecule has 1 atom stereocenters. The molecule has 1 heterocycles. The molecular weight excluding hydrogens is 320 g/mol. The first-order chi connectivity index (χ1) is 11.6. The lowest BCUT2D eigenvalue weighted by atomic mass is 10.2. The van der Waals surface area contributed by atoms with Crippen molar-refractivity contribution < 1.29 is 9.53 Å². The van der Waals surface area contributed by atoms with Crippen LogP contribution < -0.4 is 10.1 Å². The van der Waals surface area contributed by atoms with Gasteiger partial charge in [-0.05, 0) is 56.5 Å². The number of likely N-dealkylation sites (N-methyl/N-ethyl adjacent to an activating group) is 1. The second-order valence-corrected chi connectivity index (χ2v) is 6.82. The van der Waals surface area contributed by atoms with E-state index in [1.54, 1.807) is 11.3 Å². The molecule has 1 aromatic heterocycles. The maximum absolute atomic E-state index is 12.3. The van der Waals surface area contributed by atoms with Crippen molar-refractivity contribution in [3.05, 3.63) is 52.2 Å². The van der Waals surface area contributed by atoms with Crippen molar-refractivity contribution in [1.29, 1.82) is 0 Å². The average Bonchev–Trinajstić information content (AvgIpc) is 3.09. The quantitative estimate of drug-likeness (QED) is 0.757. The van der Waals surface area contributed by atoms with Gasteiger partial charge in [0.05, 0.1) is 12.6 Å².